The molecule has 0 heteroatoms. The third-order valence-corrected chi connectivity index (χ3v) is 9.32. The smallest absolute Gasteiger partial charge is 0.000719 e. The molecule has 0 amide bonds. The minimum atomic E-state index is 0.961. The Morgan fingerprint density at radius 1 is 0.452 bits per heavy atom. The van der Waals surface area contributed by atoms with Gasteiger partial charge in [-0.1, -0.05) is 134 Å². The van der Waals surface area contributed by atoms with Crippen molar-refractivity contribution in [2.45, 2.75) is 25.7 Å². The van der Waals surface area contributed by atoms with Crippen LogP contribution in [-0.2, 0) is 0 Å². The predicted octanol–water partition coefficient (Wildman–Crippen LogP) is 11.7. The van der Waals surface area contributed by atoms with Gasteiger partial charge < -0.3 is 0 Å². The Hall–Kier alpha value is -4.94. The summed E-state index contributed by atoms with van der Waals surface area (Å²) in [5, 5.41) is 5.41. The molecule has 0 aromatic heterocycles. The number of rotatable bonds is 4. The fourth-order valence-corrected chi connectivity index (χ4v) is 7.44. The third-order valence-electron chi connectivity index (χ3n) is 9.32. The standard InChI is InChI=1S/C42H30/c1-2-5-16-29(15-4-1)38-34-19-10-11-20-35(34)40(33-18-9-8-17-30(33)27-13-6-3-7-14-27)42-37-26-25-31(28-23-24-28)32-21-12-22-36(39(32)37)41(38)42/h1,4-6,8-23,25-26H,2-3,7,24H2. The minimum Gasteiger partial charge on any atom is -0.0836 e. The maximum Gasteiger partial charge on any atom is -0.000719 e. The van der Waals surface area contributed by atoms with Crippen LogP contribution in [-0.4, -0.2) is 0 Å². The van der Waals surface area contributed by atoms with Crippen LogP contribution in [0.1, 0.15) is 42.4 Å². The van der Waals surface area contributed by atoms with E-state index in [2.05, 4.69) is 134 Å². The second-order valence-corrected chi connectivity index (χ2v) is 11.7. The molecule has 4 aliphatic rings. The van der Waals surface area contributed by atoms with Gasteiger partial charge in [-0.2, -0.15) is 0 Å². The van der Waals surface area contributed by atoms with Crippen LogP contribution in [0.15, 0.2) is 134 Å². The van der Waals surface area contributed by atoms with E-state index in [1.54, 1.807) is 0 Å². The van der Waals surface area contributed by atoms with Crippen molar-refractivity contribution >= 4 is 38.3 Å². The summed E-state index contributed by atoms with van der Waals surface area (Å²) < 4.78 is 0. The van der Waals surface area contributed by atoms with E-state index in [0.29, 0.717) is 0 Å². The molecule has 9 rings (SSSR count). The molecular weight excluding hydrogens is 504 g/mol. The summed E-state index contributed by atoms with van der Waals surface area (Å²) in [5.41, 5.74) is 16.3. The van der Waals surface area contributed by atoms with E-state index >= 15 is 0 Å². The number of benzene rings is 5. The Morgan fingerprint density at radius 2 is 1.14 bits per heavy atom. The lowest BCUT2D eigenvalue weighted by Crippen LogP contribution is -1.98. The van der Waals surface area contributed by atoms with Crippen molar-refractivity contribution in [2.75, 3.05) is 0 Å². The zero-order valence-electron chi connectivity index (χ0n) is 23.5. The Morgan fingerprint density at radius 3 is 1.98 bits per heavy atom. The first kappa shape index (κ1) is 23.7. The molecule has 198 valence electrons. The quantitative estimate of drug-likeness (QED) is 0.211. The van der Waals surface area contributed by atoms with Gasteiger partial charge in [0.1, 0.15) is 0 Å². The Labute approximate surface area is 247 Å². The van der Waals surface area contributed by atoms with Gasteiger partial charge >= 0.3 is 0 Å². The average molecular weight is 535 g/mol. The maximum atomic E-state index is 2.41. The van der Waals surface area contributed by atoms with Gasteiger partial charge in [-0.05, 0) is 114 Å². The molecule has 5 aromatic carbocycles. The van der Waals surface area contributed by atoms with Crippen LogP contribution in [0.3, 0.4) is 0 Å². The summed E-state index contributed by atoms with van der Waals surface area (Å²) in [6.45, 7) is 0. The molecule has 4 aliphatic carbocycles. The first-order valence-electron chi connectivity index (χ1n) is 15.2. The molecule has 0 unspecified atom stereocenters. The van der Waals surface area contributed by atoms with Crippen molar-refractivity contribution in [2.24, 2.45) is 0 Å². The highest BCUT2D eigenvalue weighted by molar-refractivity contribution is 6.27. The third kappa shape index (κ3) is 3.48. The highest BCUT2D eigenvalue weighted by Gasteiger charge is 2.32. The average Bonchev–Trinajstić information content (AvgIpc) is 3.88. The van der Waals surface area contributed by atoms with E-state index in [-0.39, 0.29) is 0 Å². The first-order chi connectivity index (χ1) is 20.9. The Bertz CT molecular complexity index is 2170. The first-order valence-corrected chi connectivity index (χ1v) is 15.2. The van der Waals surface area contributed by atoms with Gasteiger partial charge in [-0.15, -0.1) is 0 Å². The van der Waals surface area contributed by atoms with Gasteiger partial charge in [0.05, 0.1) is 0 Å². The molecule has 0 fully saturated rings. The summed E-state index contributed by atoms with van der Waals surface area (Å²) in [6, 6.07) is 29.9. The van der Waals surface area contributed by atoms with Gasteiger partial charge in [-0.3, -0.25) is 0 Å². The van der Waals surface area contributed by atoms with Crippen molar-refractivity contribution in [3.8, 4) is 33.4 Å². The van der Waals surface area contributed by atoms with Crippen LogP contribution in [0.5, 0.6) is 0 Å². The van der Waals surface area contributed by atoms with Crippen LogP contribution < -0.4 is 0 Å². The van der Waals surface area contributed by atoms with Crippen LogP contribution in [0.4, 0.5) is 0 Å². The molecule has 42 heavy (non-hydrogen) atoms. The van der Waals surface area contributed by atoms with Gasteiger partial charge in [0.15, 0.2) is 0 Å². The SMILES string of the molecule is C1=CCC=CC(c2c3c(c(-c4ccccc4C4=CCCC=C4)c4ccccc24)-c2ccc(C4=CC4)c4cccc-3c24)=C1. The summed E-state index contributed by atoms with van der Waals surface area (Å²) in [5.74, 6) is 0. The Kier molecular flexibility index (Phi) is 5.25. The van der Waals surface area contributed by atoms with Crippen molar-refractivity contribution in [3.05, 3.63) is 150 Å². The van der Waals surface area contributed by atoms with Crippen molar-refractivity contribution in [1.82, 2.24) is 0 Å². The van der Waals surface area contributed by atoms with E-state index in [1.807, 2.05) is 0 Å². The number of hydrogen-bond acceptors (Lipinski definition) is 0. The van der Waals surface area contributed by atoms with E-state index in [0.717, 1.165) is 25.7 Å². The van der Waals surface area contributed by atoms with Crippen molar-refractivity contribution in [3.63, 3.8) is 0 Å². The summed E-state index contributed by atoms with van der Waals surface area (Å²) in [4.78, 5) is 0. The van der Waals surface area contributed by atoms with Gasteiger partial charge in [-0.25, -0.2) is 0 Å². The summed E-state index contributed by atoms with van der Waals surface area (Å²) in [7, 11) is 0. The Balaban J connectivity index is 1.48. The largest absolute Gasteiger partial charge is 0.0836 e. The van der Waals surface area contributed by atoms with Crippen molar-refractivity contribution in [1.29, 1.82) is 0 Å². The van der Waals surface area contributed by atoms with Crippen LogP contribution in [0.2, 0.25) is 0 Å². The summed E-state index contributed by atoms with van der Waals surface area (Å²) in [6.07, 6.45) is 25.1. The molecule has 0 heterocycles. The lowest BCUT2D eigenvalue weighted by Gasteiger charge is -2.22. The second-order valence-electron chi connectivity index (χ2n) is 11.7. The van der Waals surface area contributed by atoms with Crippen LogP contribution in [0.25, 0.3) is 71.6 Å². The zero-order valence-corrected chi connectivity index (χ0v) is 23.5. The molecule has 0 nitrogen and oxygen atoms in total. The fraction of sp³-hybridized carbons (Fsp3) is 0.0952. The van der Waals surface area contributed by atoms with Gasteiger partial charge in [0.25, 0.3) is 0 Å². The fourth-order valence-electron chi connectivity index (χ4n) is 7.44. The molecule has 0 saturated carbocycles. The topological polar surface area (TPSA) is 0 Å². The molecule has 0 saturated heterocycles. The number of fused-ring (bicyclic) bond motifs is 4. The molecule has 0 bridgehead atoms. The highest BCUT2D eigenvalue weighted by Crippen LogP contribution is 2.58. The van der Waals surface area contributed by atoms with Crippen LogP contribution in [0, 0.1) is 0 Å². The molecule has 0 aliphatic heterocycles. The van der Waals surface area contributed by atoms with Gasteiger partial charge in [0, 0.05) is 0 Å². The van der Waals surface area contributed by atoms with Crippen LogP contribution >= 0.6 is 0 Å². The molecular formula is C42H30. The minimum absolute atomic E-state index is 0.961. The normalized spacial score (nSPS) is 16.3. The molecule has 5 aromatic rings. The number of allylic oxidation sites excluding steroid dienone is 12. The van der Waals surface area contributed by atoms with E-state index < -0.39 is 0 Å². The lowest BCUT2D eigenvalue weighted by atomic mass is 9.80. The van der Waals surface area contributed by atoms with E-state index in [1.165, 1.54) is 88.3 Å². The number of hydrogen-bond donors (Lipinski definition) is 0. The second kappa shape index (κ2) is 9.29. The molecule has 0 radical (unpaired) electrons. The van der Waals surface area contributed by atoms with E-state index in [4.69, 9.17) is 0 Å². The molecule has 0 N–H and O–H groups in total. The van der Waals surface area contributed by atoms with Gasteiger partial charge in [0.2, 0.25) is 0 Å². The highest BCUT2D eigenvalue weighted by atomic mass is 14.3. The van der Waals surface area contributed by atoms with E-state index in [9.17, 15) is 0 Å². The predicted molar refractivity (Wildman–Crippen MR) is 181 cm³/mol. The molecule has 0 spiro atoms. The lowest BCUT2D eigenvalue weighted by molar-refractivity contribution is 1.04. The monoisotopic (exact) mass is 534 g/mol. The maximum absolute atomic E-state index is 2.41. The zero-order chi connectivity index (χ0) is 27.6. The molecule has 0 atom stereocenters. The summed E-state index contributed by atoms with van der Waals surface area (Å²) >= 11 is 0. The van der Waals surface area contributed by atoms with Crippen molar-refractivity contribution < 1.29 is 0 Å².